The molecule has 0 unspecified atom stereocenters. The lowest BCUT2D eigenvalue weighted by atomic mass is 10.1. The summed E-state index contributed by atoms with van der Waals surface area (Å²) in [5.41, 5.74) is 4.58. The summed E-state index contributed by atoms with van der Waals surface area (Å²) in [6.07, 6.45) is 1.58. The Bertz CT molecular complexity index is 1480. The Hall–Kier alpha value is -3.15. The third-order valence-corrected chi connectivity index (χ3v) is 7.14. The Balaban J connectivity index is 1.51. The van der Waals surface area contributed by atoms with Gasteiger partial charge in [-0.05, 0) is 116 Å². The van der Waals surface area contributed by atoms with Crippen LogP contribution in [0.5, 0.6) is 5.75 Å². The molecule has 0 aromatic heterocycles. The van der Waals surface area contributed by atoms with Gasteiger partial charge in [0, 0.05) is 5.69 Å². The van der Waals surface area contributed by atoms with Crippen molar-refractivity contribution in [2.75, 3.05) is 5.32 Å². The first-order chi connectivity index (χ1) is 16.9. The summed E-state index contributed by atoms with van der Waals surface area (Å²) in [5.74, 6) is 0.276. The molecule has 0 aliphatic carbocycles. The molecule has 4 aromatic carbocycles. The molecule has 1 amide bonds. The molecule has 0 aliphatic rings. The first-order valence-electron chi connectivity index (χ1n) is 10.9. The van der Waals surface area contributed by atoms with Crippen LogP contribution in [0.25, 0.3) is 16.8 Å². The molecule has 0 spiro atoms. The minimum atomic E-state index is -0.441. The molecule has 0 fully saturated rings. The number of aryl methyl sites for hydroxylation is 1. The molecule has 0 saturated heterocycles. The van der Waals surface area contributed by atoms with E-state index in [1.807, 2.05) is 62.4 Å². The third kappa shape index (κ3) is 5.92. The van der Waals surface area contributed by atoms with E-state index in [9.17, 15) is 10.1 Å². The number of halogens is 2. The number of amides is 1. The van der Waals surface area contributed by atoms with Crippen LogP contribution in [0.15, 0.2) is 82.8 Å². The van der Waals surface area contributed by atoms with E-state index in [4.69, 9.17) is 4.74 Å². The van der Waals surface area contributed by atoms with E-state index in [-0.39, 0.29) is 5.57 Å². The number of ether oxygens (including phenoxy) is 1. The molecular formula is C29H22BrIN2O2. The van der Waals surface area contributed by atoms with Crippen LogP contribution in [0, 0.1) is 28.7 Å². The van der Waals surface area contributed by atoms with Gasteiger partial charge in [0.1, 0.15) is 24.0 Å². The smallest absolute Gasteiger partial charge is 0.266 e. The standard InChI is InChI=1S/C29H22BrIN2O2/c1-18-6-5-9-27(19(18)2)33-29(34)24(16-32)13-21-14-25(30)28(26(31)15-21)35-17-20-10-11-22-7-3-4-8-23(22)12-20/h3-15H,17H2,1-2H3,(H,33,34)/b24-13+. The summed E-state index contributed by atoms with van der Waals surface area (Å²) in [7, 11) is 0. The van der Waals surface area contributed by atoms with Crippen molar-refractivity contribution in [3.05, 3.63) is 109 Å². The molecule has 0 heterocycles. The van der Waals surface area contributed by atoms with Gasteiger partial charge in [0.25, 0.3) is 5.91 Å². The average molecular weight is 637 g/mol. The monoisotopic (exact) mass is 636 g/mol. The van der Waals surface area contributed by atoms with Crippen molar-refractivity contribution >= 4 is 67.0 Å². The second kappa shape index (κ2) is 11.1. The van der Waals surface area contributed by atoms with E-state index in [0.29, 0.717) is 18.0 Å². The molecule has 1 N–H and O–H groups in total. The zero-order valence-electron chi connectivity index (χ0n) is 19.2. The zero-order chi connectivity index (χ0) is 24.9. The van der Waals surface area contributed by atoms with Crippen molar-refractivity contribution in [2.45, 2.75) is 20.5 Å². The number of hydrogen-bond acceptors (Lipinski definition) is 3. The maximum absolute atomic E-state index is 12.8. The molecule has 4 rings (SSSR count). The van der Waals surface area contributed by atoms with Gasteiger partial charge in [-0.15, -0.1) is 0 Å². The van der Waals surface area contributed by atoms with E-state index >= 15 is 0 Å². The number of carbonyl (C=O) groups is 1. The van der Waals surface area contributed by atoms with Crippen LogP contribution in [-0.2, 0) is 11.4 Å². The number of rotatable bonds is 6. The Morgan fingerprint density at radius 1 is 1.06 bits per heavy atom. The van der Waals surface area contributed by atoms with Crippen molar-refractivity contribution in [1.82, 2.24) is 0 Å². The van der Waals surface area contributed by atoms with Crippen LogP contribution < -0.4 is 10.1 Å². The fourth-order valence-corrected chi connectivity index (χ4v) is 5.45. The normalized spacial score (nSPS) is 11.2. The lowest BCUT2D eigenvalue weighted by Gasteiger charge is -2.12. The van der Waals surface area contributed by atoms with Crippen molar-refractivity contribution in [3.63, 3.8) is 0 Å². The van der Waals surface area contributed by atoms with Crippen LogP contribution in [0.2, 0.25) is 0 Å². The maximum atomic E-state index is 12.8. The number of carbonyl (C=O) groups excluding carboxylic acids is 1. The lowest BCUT2D eigenvalue weighted by molar-refractivity contribution is -0.112. The fraction of sp³-hybridized carbons (Fsp3) is 0.103. The largest absolute Gasteiger partial charge is 0.487 e. The summed E-state index contributed by atoms with van der Waals surface area (Å²) >= 11 is 5.79. The van der Waals surface area contributed by atoms with Crippen molar-refractivity contribution < 1.29 is 9.53 Å². The summed E-state index contributed by atoms with van der Waals surface area (Å²) in [4.78, 5) is 12.8. The van der Waals surface area contributed by atoms with Gasteiger partial charge in [-0.1, -0.05) is 48.5 Å². The van der Waals surface area contributed by atoms with Gasteiger partial charge < -0.3 is 10.1 Å². The molecule has 0 bridgehead atoms. The van der Waals surface area contributed by atoms with E-state index in [1.165, 1.54) is 10.8 Å². The van der Waals surface area contributed by atoms with Crippen molar-refractivity contribution in [3.8, 4) is 11.8 Å². The van der Waals surface area contributed by atoms with Gasteiger partial charge in [-0.25, -0.2) is 0 Å². The number of anilines is 1. The van der Waals surface area contributed by atoms with E-state index in [1.54, 1.807) is 6.08 Å². The summed E-state index contributed by atoms with van der Waals surface area (Å²) in [6, 6.07) is 26.0. The second-order valence-corrected chi connectivity index (χ2v) is 10.2. The molecule has 0 saturated carbocycles. The topological polar surface area (TPSA) is 62.1 Å². The highest BCUT2D eigenvalue weighted by Crippen LogP contribution is 2.33. The SMILES string of the molecule is Cc1cccc(NC(=O)/C(C#N)=C/c2cc(Br)c(OCc3ccc4ccccc4c3)c(I)c2)c1C. The van der Waals surface area contributed by atoms with Crippen LogP contribution in [0.1, 0.15) is 22.3 Å². The van der Waals surface area contributed by atoms with E-state index in [0.717, 1.165) is 30.3 Å². The molecule has 0 atom stereocenters. The van der Waals surface area contributed by atoms with Crippen LogP contribution in [0.3, 0.4) is 0 Å². The van der Waals surface area contributed by atoms with Crippen LogP contribution in [-0.4, -0.2) is 5.91 Å². The van der Waals surface area contributed by atoms with Crippen LogP contribution >= 0.6 is 38.5 Å². The highest BCUT2D eigenvalue weighted by Gasteiger charge is 2.14. The van der Waals surface area contributed by atoms with Gasteiger partial charge in [0.2, 0.25) is 0 Å². The molecular weight excluding hydrogens is 615 g/mol. The Morgan fingerprint density at radius 2 is 1.83 bits per heavy atom. The van der Waals surface area contributed by atoms with Crippen LogP contribution in [0.4, 0.5) is 5.69 Å². The minimum Gasteiger partial charge on any atom is -0.487 e. The van der Waals surface area contributed by atoms with Gasteiger partial charge in [-0.2, -0.15) is 5.26 Å². The summed E-state index contributed by atoms with van der Waals surface area (Å²) in [5, 5.41) is 14.8. The predicted octanol–water partition coefficient (Wildman–Crippen LogP) is 7.95. The number of nitrogens with one attached hydrogen (secondary N) is 1. The Kier molecular flexibility index (Phi) is 7.89. The third-order valence-electron chi connectivity index (χ3n) is 5.75. The van der Waals surface area contributed by atoms with Gasteiger partial charge in [-0.3, -0.25) is 4.79 Å². The highest BCUT2D eigenvalue weighted by molar-refractivity contribution is 14.1. The highest BCUT2D eigenvalue weighted by atomic mass is 127. The lowest BCUT2D eigenvalue weighted by Crippen LogP contribution is -2.14. The molecule has 4 aromatic rings. The summed E-state index contributed by atoms with van der Waals surface area (Å²) < 4.78 is 7.75. The predicted molar refractivity (Wildman–Crippen MR) is 153 cm³/mol. The number of fused-ring (bicyclic) bond motifs is 1. The summed E-state index contributed by atoms with van der Waals surface area (Å²) in [6.45, 7) is 4.35. The quantitative estimate of drug-likeness (QED) is 0.133. The number of benzene rings is 4. The van der Waals surface area contributed by atoms with E-state index < -0.39 is 5.91 Å². The molecule has 0 radical (unpaired) electrons. The number of hydrogen-bond donors (Lipinski definition) is 1. The maximum Gasteiger partial charge on any atom is 0.266 e. The van der Waals surface area contributed by atoms with Gasteiger partial charge in [0.05, 0.1) is 8.04 Å². The zero-order valence-corrected chi connectivity index (χ0v) is 23.0. The Morgan fingerprint density at radius 3 is 2.57 bits per heavy atom. The molecule has 174 valence electrons. The molecule has 0 aliphatic heterocycles. The first-order valence-corrected chi connectivity index (χ1v) is 12.8. The van der Waals surface area contributed by atoms with Crippen molar-refractivity contribution in [2.24, 2.45) is 0 Å². The second-order valence-electron chi connectivity index (χ2n) is 8.16. The van der Waals surface area contributed by atoms with Crippen molar-refractivity contribution in [1.29, 1.82) is 5.26 Å². The fourth-order valence-electron chi connectivity index (χ4n) is 3.68. The van der Waals surface area contributed by atoms with Gasteiger partial charge >= 0.3 is 0 Å². The minimum absolute atomic E-state index is 0.0263. The molecule has 35 heavy (non-hydrogen) atoms. The first kappa shape index (κ1) is 25.0. The number of nitriles is 1. The number of nitrogens with zero attached hydrogens (tertiary/aromatic N) is 1. The molecule has 4 nitrogen and oxygen atoms in total. The molecule has 6 heteroatoms. The van der Waals surface area contributed by atoms with E-state index in [2.05, 4.69) is 74.2 Å². The van der Waals surface area contributed by atoms with Gasteiger partial charge in [0.15, 0.2) is 0 Å². The Labute approximate surface area is 226 Å². The average Bonchev–Trinajstić information content (AvgIpc) is 2.84.